The fraction of sp³-hybridized carbons (Fsp3) is 0.250. The van der Waals surface area contributed by atoms with Crippen molar-refractivity contribution >= 4 is 12.6 Å². The number of hydrogen-bond donors (Lipinski definition) is 3. The maximum atomic E-state index is 10.9. The molecule has 0 aliphatic rings. The van der Waals surface area contributed by atoms with Crippen LogP contribution in [-0.4, -0.2) is 22.3 Å². The highest BCUT2D eigenvalue weighted by atomic mass is 16.4. The summed E-state index contributed by atoms with van der Waals surface area (Å²) >= 11 is 0. The van der Waals surface area contributed by atoms with Crippen LogP contribution in [0.15, 0.2) is 72.8 Å². The molecule has 0 aliphatic carbocycles. The standard InChI is InChI=1S/C24H27BO3/c1-23(2,17-11-7-5-8-12-17)19-15-20(22(26)21(16-19)25(27)28)24(3,4)18-13-9-6-10-14-18/h5-16,26-28H,1-4H3. The van der Waals surface area contributed by atoms with Crippen molar-refractivity contribution in [3.8, 4) is 5.75 Å². The van der Waals surface area contributed by atoms with Crippen LogP contribution in [0, 0.1) is 0 Å². The zero-order valence-corrected chi connectivity index (χ0v) is 16.8. The van der Waals surface area contributed by atoms with Crippen LogP contribution in [-0.2, 0) is 10.8 Å². The average Bonchev–Trinajstić information content (AvgIpc) is 2.69. The van der Waals surface area contributed by atoms with Crippen LogP contribution in [0.3, 0.4) is 0 Å². The predicted octanol–water partition coefficient (Wildman–Crippen LogP) is 3.72. The minimum Gasteiger partial charge on any atom is -0.508 e. The molecular formula is C24H27BO3. The van der Waals surface area contributed by atoms with Crippen LogP contribution in [0.4, 0.5) is 0 Å². The van der Waals surface area contributed by atoms with Gasteiger partial charge in [-0.3, -0.25) is 0 Å². The third-order valence-electron chi connectivity index (χ3n) is 5.80. The van der Waals surface area contributed by atoms with Gasteiger partial charge in [-0.25, -0.2) is 0 Å². The fourth-order valence-corrected chi connectivity index (χ4v) is 3.72. The molecule has 3 N–H and O–H groups in total. The third-order valence-corrected chi connectivity index (χ3v) is 5.80. The van der Waals surface area contributed by atoms with Crippen LogP contribution in [0.1, 0.15) is 49.9 Å². The van der Waals surface area contributed by atoms with E-state index in [9.17, 15) is 15.2 Å². The number of hydrogen-bond acceptors (Lipinski definition) is 3. The highest BCUT2D eigenvalue weighted by molar-refractivity contribution is 6.59. The van der Waals surface area contributed by atoms with E-state index in [-0.39, 0.29) is 16.6 Å². The molecule has 0 radical (unpaired) electrons. The summed E-state index contributed by atoms with van der Waals surface area (Å²) in [6.45, 7) is 8.26. The molecule has 0 saturated heterocycles. The lowest BCUT2D eigenvalue weighted by atomic mass is 9.68. The Morgan fingerprint density at radius 3 is 1.57 bits per heavy atom. The molecule has 3 aromatic rings. The summed E-state index contributed by atoms with van der Waals surface area (Å²) in [6.07, 6.45) is 0. The number of aromatic hydroxyl groups is 1. The van der Waals surface area contributed by atoms with Crippen LogP contribution in [0.5, 0.6) is 5.75 Å². The average molecular weight is 374 g/mol. The minimum absolute atomic E-state index is 0.0727. The van der Waals surface area contributed by atoms with Gasteiger partial charge in [0.2, 0.25) is 0 Å². The van der Waals surface area contributed by atoms with Gasteiger partial charge in [-0.05, 0) is 16.7 Å². The van der Waals surface area contributed by atoms with E-state index in [1.165, 1.54) is 0 Å². The molecule has 0 amide bonds. The van der Waals surface area contributed by atoms with E-state index in [1.807, 2.05) is 68.4 Å². The first-order valence-electron chi connectivity index (χ1n) is 9.50. The predicted molar refractivity (Wildman–Crippen MR) is 115 cm³/mol. The van der Waals surface area contributed by atoms with Crippen molar-refractivity contribution in [2.24, 2.45) is 0 Å². The van der Waals surface area contributed by atoms with E-state index < -0.39 is 12.5 Å². The Bertz CT molecular complexity index is 948. The fourth-order valence-electron chi connectivity index (χ4n) is 3.72. The zero-order valence-electron chi connectivity index (χ0n) is 16.8. The van der Waals surface area contributed by atoms with E-state index in [4.69, 9.17) is 0 Å². The van der Waals surface area contributed by atoms with Gasteiger partial charge in [-0.2, -0.15) is 0 Å². The normalized spacial score (nSPS) is 12.1. The lowest BCUT2D eigenvalue weighted by Gasteiger charge is -2.32. The van der Waals surface area contributed by atoms with Gasteiger partial charge in [0.05, 0.1) is 0 Å². The second-order valence-corrected chi connectivity index (χ2v) is 8.32. The van der Waals surface area contributed by atoms with Gasteiger partial charge >= 0.3 is 7.12 Å². The number of rotatable bonds is 5. The van der Waals surface area contributed by atoms with E-state index in [2.05, 4.69) is 26.0 Å². The largest absolute Gasteiger partial charge is 0.508 e. The third kappa shape index (κ3) is 3.58. The topological polar surface area (TPSA) is 60.7 Å². The van der Waals surface area contributed by atoms with Gasteiger partial charge in [0, 0.05) is 21.9 Å². The Balaban J connectivity index is 2.24. The van der Waals surface area contributed by atoms with Crippen molar-refractivity contribution in [1.29, 1.82) is 0 Å². The van der Waals surface area contributed by atoms with Crippen molar-refractivity contribution < 1.29 is 15.2 Å². The Hall–Kier alpha value is -2.56. The molecule has 3 rings (SSSR count). The van der Waals surface area contributed by atoms with Gasteiger partial charge in [-0.15, -0.1) is 0 Å². The van der Waals surface area contributed by atoms with Gasteiger partial charge in [0.1, 0.15) is 5.75 Å². The van der Waals surface area contributed by atoms with E-state index >= 15 is 0 Å². The van der Waals surface area contributed by atoms with Gasteiger partial charge in [0.25, 0.3) is 0 Å². The molecule has 0 bridgehead atoms. The number of phenols is 1. The van der Waals surface area contributed by atoms with Crippen molar-refractivity contribution in [3.63, 3.8) is 0 Å². The molecule has 0 aromatic heterocycles. The first-order valence-corrected chi connectivity index (χ1v) is 9.50. The number of phenolic OH excluding ortho intramolecular Hbond substituents is 1. The summed E-state index contributed by atoms with van der Waals surface area (Å²) < 4.78 is 0. The second-order valence-electron chi connectivity index (χ2n) is 8.32. The van der Waals surface area contributed by atoms with Crippen molar-refractivity contribution in [3.05, 3.63) is 95.1 Å². The molecule has 0 fully saturated rings. The SMILES string of the molecule is CC(C)(c1ccccc1)c1cc(B(O)O)c(O)c(C(C)(C)c2ccccc2)c1. The van der Waals surface area contributed by atoms with Crippen molar-refractivity contribution in [2.45, 2.75) is 38.5 Å². The Kier molecular flexibility index (Phi) is 5.38. The lowest BCUT2D eigenvalue weighted by Crippen LogP contribution is -2.35. The van der Waals surface area contributed by atoms with Crippen LogP contribution < -0.4 is 5.46 Å². The van der Waals surface area contributed by atoms with Gasteiger partial charge in [-0.1, -0.05) is 100 Å². The summed E-state index contributed by atoms with van der Waals surface area (Å²) in [5.74, 6) is -0.0727. The Morgan fingerprint density at radius 2 is 1.11 bits per heavy atom. The van der Waals surface area contributed by atoms with E-state index in [1.54, 1.807) is 6.07 Å². The molecule has 0 unspecified atom stereocenters. The second kappa shape index (κ2) is 7.46. The maximum Gasteiger partial charge on any atom is 0.492 e. The van der Waals surface area contributed by atoms with E-state index in [0.29, 0.717) is 5.56 Å². The summed E-state index contributed by atoms with van der Waals surface area (Å²) in [5, 5.41) is 30.7. The van der Waals surface area contributed by atoms with Crippen molar-refractivity contribution in [1.82, 2.24) is 0 Å². The molecule has 3 aromatic carbocycles. The van der Waals surface area contributed by atoms with Crippen LogP contribution in [0.2, 0.25) is 0 Å². The smallest absolute Gasteiger partial charge is 0.492 e. The molecule has 0 atom stereocenters. The molecular weight excluding hydrogens is 347 g/mol. The zero-order chi connectivity index (χ0) is 20.5. The summed E-state index contributed by atoms with van der Waals surface area (Å²) in [7, 11) is -1.75. The van der Waals surface area contributed by atoms with Crippen molar-refractivity contribution in [2.75, 3.05) is 0 Å². The molecule has 28 heavy (non-hydrogen) atoms. The van der Waals surface area contributed by atoms with E-state index in [0.717, 1.165) is 16.7 Å². The van der Waals surface area contributed by atoms with Crippen LogP contribution in [0.25, 0.3) is 0 Å². The summed E-state index contributed by atoms with van der Waals surface area (Å²) in [4.78, 5) is 0. The molecule has 4 heteroatoms. The maximum absolute atomic E-state index is 10.9. The molecule has 0 saturated carbocycles. The van der Waals surface area contributed by atoms with Gasteiger partial charge in [0.15, 0.2) is 0 Å². The minimum atomic E-state index is -1.75. The summed E-state index contributed by atoms with van der Waals surface area (Å²) in [6, 6.07) is 23.7. The molecule has 3 nitrogen and oxygen atoms in total. The molecule has 0 heterocycles. The Morgan fingerprint density at radius 1 is 0.643 bits per heavy atom. The lowest BCUT2D eigenvalue weighted by molar-refractivity contribution is 0.416. The Labute approximate surface area is 167 Å². The molecule has 0 spiro atoms. The summed E-state index contributed by atoms with van der Waals surface area (Å²) in [5.41, 5.74) is 2.97. The highest BCUT2D eigenvalue weighted by Crippen LogP contribution is 2.40. The monoisotopic (exact) mass is 374 g/mol. The highest BCUT2D eigenvalue weighted by Gasteiger charge is 2.33. The van der Waals surface area contributed by atoms with Crippen LogP contribution >= 0.6 is 0 Å². The first kappa shape index (κ1) is 20.2. The molecule has 0 aliphatic heterocycles. The first-order chi connectivity index (χ1) is 13.2. The quantitative estimate of drug-likeness (QED) is 0.597. The molecule has 144 valence electrons. The number of benzene rings is 3. The van der Waals surface area contributed by atoms with Gasteiger partial charge < -0.3 is 15.2 Å².